The number of nitrogens with zero attached hydrogens (tertiary/aromatic N) is 2. The Morgan fingerprint density at radius 3 is 2.81 bits per heavy atom. The van der Waals surface area contributed by atoms with E-state index >= 15 is 0 Å². The highest BCUT2D eigenvalue weighted by Crippen LogP contribution is 2.26. The van der Waals surface area contributed by atoms with E-state index in [2.05, 4.69) is 30.1 Å². The first-order chi connectivity index (χ1) is 10.3. The molecule has 1 aliphatic heterocycles. The average molecular weight is 305 g/mol. The van der Waals surface area contributed by atoms with Gasteiger partial charge in [-0.1, -0.05) is 18.2 Å². The van der Waals surface area contributed by atoms with E-state index in [0.717, 1.165) is 54.9 Å². The minimum absolute atomic E-state index is 0.491. The molecule has 0 aliphatic carbocycles. The Morgan fingerprint density at radius 1 is 1.29 bits per heavy atom. The summed E-state index contributed by atoms with van der Waals surface area (Å²) in [6.07, 6.45) is 2.27. The van der Waals surface area contributed by atoms with Crippen molar-refractivity contribution in [1.82, 2.24) is 4.98 Å². The normalized spacial score (nSPS) is 16.3. The van der Waals surface area contributed by atoms with Gasteiger partial charge in [0.25, 0.3) is 0 Å². The Hall–Kier alpha value is -1.32. The number of alkyl halides is 1. The molecule has 0 radical (unpaired) electrons. The van der Waals surface area contributed by atoms with Gasteiger partial charge in [-0.2, -0.15) is 0 Å². The number of fused-ring (bicyclic) bond motifs is 1. The molecule has 1 aromatic heterocycles. The molecule has 0 unspecified atom stereocenters. The number of halogens is 1. The van der Waals surface area contributed by atoms with Crippen molar-refractivity contribution in [2.75, 3.05) is 31.7 Å². The van der Waals surface area contributed by atoms with Crippen LogP contribution < -0.4 is 4.90 Å². The molecule has 3 nitrogen and oxygen atoms in total. The third-order valence-electron chi connectivity index (χ3n) is 4.16. The zero-order valence-corrected chi connectivity index (χ0v) is 13.1. The van der Waals surface area contributed by atoms with Gasteiger partial charge >= 0.3 is 0 Å². The van der Waals surface area contributed by atoms with Gasteiger partial charge in [-0.05, 0) is 30.9 Å². The monoisotopic (exact) mass is 304 g/mol. The first kappa shape index (κ1) is 14.6. The lowest BCUT2D eigenvalue weighted by Gasteiger charge is -2.29. The Balaban J connectivity index is 1.86. The van der Waals surface area contributed by atoms with Gasteiger partial charge in [0.05, 0.1) is 11.4 Å². The molecule has 0 atom stereocenters. The van der Waals surface area contributed by atoms with Crippen LogP contribution in [0.2, 0.25) is 0 Å². The quantitative estimate of drug-likeness (QED) is 0.803. The van der Waals surface area contributed by atoms with E-state index < -0.39 is 0 Å². The Kier molecular flexibility index (Phi) is 4.61. The van der Waals surface area contributed by atoms with Crippen molar-refractivity contribution >= 4 is 28.3 Å². The van der Waals surface area contributed by atoms with Crippen LogP contribution in [0.5, 0.6) is 0 Å². The van der Waals surface area contributed by atoms with Crippen LogP contribution in [0.3, 0.4) is 0 Å². The lowest BCUT2D eigenvalue weighted by atomic mass is 10.00. The predicted octanol–water partition coefficient (Wildman–Crippen LogP) is 3.84. The molecule has 0 amide bonds. The van der Waals surface area contributed by atoms with E-state index in [-0.39, 0.29) is 0 Å². The molecule has 2 aromatic rings. The van der Waals surface area contributed by atoms with Crippen LogP contribution in [0.4, 0.5) is 5.82 Å². The summed E-state index contributed by atoms with van der Waals surface area (Å²) in [7, 11) is 2.11. The molecule has 21 heavy (non-hydrogen) atoms. The number of ether oxygens (including phenoxy) is 1. The molecule has 1 saturated heterocycles. The van der Waals surface area contributed by atoms with Crippen molar-refractivity contribution in [3.8, 4) is 0 Å². The topological polar surface area (TPSA) is 25.4 Å². The maximum Gasteiger partial charge on any atom is 0.133 e. The van der Waals surface area contributed by atoms with Crippen molar-refractivity contribution in [1.29, 1.82) is 0 Å². The fourth-order valence-corrected chi connectivity index (χ4v) is 3.18. The van der Waals surface area contributed by atoms with Gasteiger partial charge in [-0.15, -0.1) is 11.6 Å². The average Bonchev–Trinajstić information content (AvgIpc) is 2.54. The molecule has 0 N–H and O–H groups in total. The summed E-state index contributed by atoms with van der Waals surface area (Å²) < 4.78 is 5.43. The number of rotatable bonds is 4. The van der Waals surface area contributed by atoms with E-state index in [9.17, 15) is 0 Å². The van der Waals surface area contributed by atoms with Crippen LogP contribution in [0.25, 0.3) is 10.9 Å². The van der Waals surface area contributed by atoms with E-state index in [4.69, 9.17) is 21.3 Å². The van der Waals surface area contributed by atoms with Gasteiger partial charge in [0, 0.05) is 37.8 Å². The number of aromatic nitrogens is 1. The largest absolute Gasteiger partial charge is 0.381 e. The van der Waals surface area contributed by atoms with Crippen LogP contribution in [-0.2, 0) is 10.6 Å². The minimum atomic E-state index is 0.491. The SMILES string of the molecule is CN(CC1CCOCC1)c1nc2ccccc2cc1CCl. The van der Waals surface area contributed by atoms with Gasteiger partial charge in [-0.25, -0.2) is 4.98 Å². The third-order valence-corrected chi connectivity index (χ3v) is 4.45. The first-order valence-corrected chi connectivity index (χ1v) is 8.05. The standard InChI is InChI=1S/C17H21ClN2O/c1-20(12-13-6-8-21-9-7-13)17-15(11-18)10-14-4-2-3-5-16(14)19-17/h2-5,10,13H,6-9,11-12H2,1H3. The van der Waals surface area contributed by atoms with E-state index in [1.54, 1.807) is 0 Å². The molecule has 2 heterocycles. The highest BCUT2D eigenvalue weighted by atomic mass is 35.5. The number of benzene rings is 1. The molecule has 0 saturated carbocycles. The predicted molar refractivity (Wildman–Crippen MR) is 88.1 cm³/mol. The lowest BCUT2D eigenvalue weighted by Crippen LogP contribution is -2.30. The number of para-hydroxylation sites is 1. The van der Waals surface area contributed by atoms with Crippen LogP contribution in [-0.4, -0.2) is 31.8 Å². The smallest absolute Gasteiger partial charge is 0.133 e. The molecule has 1 aromatic carbocycles. The van der Waals surface area contributed by atoms with Crippen LogP contribution >= 0.6 is 11.6 Å². The van der Waals surface area contributed by atoms with E-state index in [1.807, 2.05) is 12.1 Å². The zero-order valence-electron chi connectivity index (χ0n) is 12.4. The molecule has 1 fully saturated rings. The Morgan fingerprint density at radius 2 is 2.05 bits per heavy atom. The Labute approximate surface area is 130 Å². The number of hydrogen-bond donors (Lipinski definition) is 0. The Bertz CT molecular complexity index is 611. The zero-order chi connectivity index (χ0) is 14.7. The first-order valence-electron chi connectivity index (χ1n) is 7.51. The van der Waals surface area contributed by atoms with Gasteiger partial charge in [0.2, 0.25) is 0 Å². The minimum Gasteiger partial charge on any atom is -0.381 e. The molecule has 0 bridgehead atoms. The van der Waals surface area contributed by atoms with Crippen molar-refractivity contribution in [2.45, 2.75) is 18.7 Å². The van der Waals surface area contributed by atoms with E-state index in [1.165, 1.54) is 0 Å². The highest BCUT2D eigenvalue weighted by molar-refractivity contribution is 6.17. The summed E-state index contributed by atoms with van der Waals surface area (Å²) in [5.74, 6) is 2.18. The van der Waals surface area contributed by atoms with Crippen molar-refractivity contribution in [2.24, 2.45) is 5.92 Å². The molecule has 1 aliphatic rings. The van der Waals surface area contributed by atoms with Crippen molar-refractivity contribution in [3.63, 3.8) is 0 Å². The highest BCUT2D eigenvalue weighted by Gasteiger charge is 2.18. The number of anilines is 1. The summed E-state index contributed by atoms with van der Waals surface area (Å²) in [6, 6.07) is 10.4. The molecule has 3 rings (SSSR count). The molecule has 4 heteroatoms. The van der Waals surface area contributed by atoms with Gasteiger partial charge in [0.1, 0.15) is 5.82 Å². The lowest BCUT2D eigenvalue weighted by molar-refractivity contribution is 0.0685. The number of hydrogen-bond acceptors (Lipinski definition) is 3. The van der Waals surface area contributed by atoms with Crippen LogP contribution in [0, 0.1) is 5.92 Å². The van der Waals surface area contributed by atoms with Gasteiger partial charge in [-0.3, -0.25) is 0 Å². The van der Waals surface area contributed by atoms with Crippen molar-refractivity contribution in [3.05, 3.63) is 35.9 Å². The fraction of sp³-hybridized carbons (Fsp3) is 0.471. The summed E-state index contributed by atoms with van der Waals surface area (Å²) in [4.78, 5) is 7.07. The van der Waals surface area contributed by atoms with Crippen LogP contribution in [0.15, 0.2) is 30.3 Å². The molecular weight excluding hydrogens is 284 g/mol. The second-order valence-electron chi connectivity index (χ2n) is 5.73. The second kappa shape index (κ2) is 6.63. The van der Waals surface area contributed by atoms with Gasteiger partial charge in [0.15, 0.2) is 0 Å². The fourth-order valence-electron chi connectivity index (χ4n) is 2.98. The van der Waals surface area contributed by atoms with Gasteiger partial charge < -0.3 is 9.64 Å². The summed E-state index contributed by atoms with van der Waals surface area (Å²) in [5, 5.41) is 1.15. The summed E-state index contributed by atoms with van der Waals surface area (Å²) in [6.45, 7) is 2.77. The molecular formula is C17H21ClN2O. The second-order valence-corrected chi connectivity index (χ2v) is 6.00. The van der Waals surface area contributed by atoms with Crippen molar-refractivity contribution < 1.29 is 4.74 Å². The van der Waals surface area contributed by atoms with E-state index in [0.29, 0.717) is 11.8 Å². The molecule has 112 valence electrons. The maximum absolute atomic E-state index is 6.13. The maximum atomic E-state index is 6.13. The van der Waals surface area contributed by atoms with Crippen LogP contribution in [0.1, 0.15) is 18.4 Å². The molecule has 0 spiro atoms. The third kappa shape index (κ3) is 3.30. The summed E-state index contributed by atoms with van der Waals surface area (Å²) in [5.41, 5.74) is 2.13. The number of pyridine rings is 1. The summed E-state index contributed by atoms with van der Waals surface area (Å²) >= 11 is 6.13.